The van der Waals surface area contributed by atoms with Crippen LogP contribution in [-0.2, 0) is 0 Å². The van der Waals surface area contributed by atoms with Crippen molar-refractivity contribution in [3.63, 3.8) is 0 Å². The average molecular weight is 271 g/mol. The first-order valence-corrected chi connectivity index (χ1v) is 7.35. The maximum absolute atomic E-state index is 10.5. The molecule has 20 heavy (non-hydrogen) atoms. The minimum Gasteiger partial charge on any atom is -0.378 e. The number of benzene rings is 1. The third-order valence-electron chi connectivity index (χ3n) is 3.10. The van der Waals surface area contributed by atoms with Crippen molar-refractivity contribution >= 4 is 6.08 Å². The zero-order valence-corrected chi connectivity index (χ0v) is 12.5. The molecule has 0 radical (unpaired) electrons. The van der Waals surface area contributed by atoms with E-state index in [0.29, 0.717) is 6.54 Å². The van der Waals surface area contributed by atoms with Crippen LogP contribution in [-0.4, -0.2) is 17.3 Å². The van der Waals surface area contributed by atoms with Gasteiger partial charge in [0, 0.05) is 12.1 Å². The van der Waals surface area contributed by atoms with Gasteiger partial charge in [-0.3, -0.25) is 0 Å². The van der Waals surface area contributed by atoms with Gasteiger partial charge in [0.1, 0.15) is 5.60 Å². The molecule has 0 aliphatic heterocycles. The molecule has 0 saturated carbocycles. The lowest BCUT2D eigenvalue weighted by Crippen LogP contribution is -2.25. The van der Waals surface area contributed by atoms with Crippen LogP contribution in [0.5, 0.6) is 0 Å². The lowest BCUT2D eigenvalue weighted by atomic mass is 9.93. The van der Waals surface area contributed by atoms with Crippen molar-refractivity contribution < 1.29 is 5.11 Å². The first-order valence-electron chi connectivity index (χ1n) is 7.35. The van der Waals surface area contributed by atoms with E-state index in [0.717, 1.165) is 36.8 Å². The van der Waals surface area contributed by atoms with Crippen LogP contribution < -0.4 is 5.73 Å². The molecule has 0 aromatic heterocycles. The van der Waals surface area contributed by atoms with Crippen LogP contribution in [0, 0.1) is 11.8 Å². The van der Waals surface area contributed by atoms with Crippen LogP contribution in [0.4, 0.5) is 0 Å². The first kappa shape index (κ1) is 16.5. The highest BCUT2D eigenvalue weighted by Crippen LogP contribution is 2.18. The Morgan fingerprint density at radius 3 is 2.55 bits per heavy atom. The standard InChI is InChI=1S/C18H25NO/c1-3-11-18(20,12-4-2)13-10-17-8-5-7-16(15-17)9-6-14-19/h5-9,15,20H,3-4,11-12,14,19H2,1-2H3/b9-6+. The van der Waals surface area contributed by atoms with E-state index in [4.69, 9.17) is 5.73 Å². The molecular weight excluding hydrogens is 246 g/mol. The fraction of sp³-hybridized carbons (Fsp3) is 0.444. The van der Waals surface area contributed by atoms with E-state index in [9.17, 15) is 5.11 Å². The minimum atomic E-state index is -0.855. The smallest absolute Gasteiger partial charge is 0.125 e. The van der Waals surface area contributed by atoms with Gasteiger partial charge in [-0.2, -0.15) is 0 Å². The summed E-state index contributed by atoms with van der Waals surface area (Å²) in [6, 6.07) is 7.96. The molecule has 0 amide bonds. The number of hydrogen-bond acceptors (Lipinski definition) is 2. The van der Waals surface area contributed by atoms with E-state index in [1.54, 1.807) is 0 Å². The third-order valence-corrected chi connectivity index (χ3v) is 3.10. The van der Waals surface area contributed by atoms with Gasteiger partial charge in [-0.1, -0.05) is 62.8 Å². The van der Waals surface area contributed by atoms with Crippen molar-refractivity contribution in [3.8, 4) is 11.8 Å². The maximum Gasteiger partial charge on any atom is 0.125 e. The van der Waals surface area contributed by atoms with Gasteiger partial charge in [-0.15, -0.1) is 0 Å². The summed E-state index contributed by atoms with van der Waals surface area (Å²) in [7, 11) is 0. The summed E-state index contributed by atoms with van der Waals surface area (Å²) in [5, 5.41) is 10.5. The lowest BCUT2D eigenvalue weighted by Gasteiger charge is -2.20. The average Bonchev–Trinajstić information content (AvgIpc) is 2.44. The second-order valence-corrected chi connectivity index (χ2v) is 5.05. The Labute approximate surface area is 122 Å². The summed E-state index contributed by atoms with van der Waals surface area (Å²) in [4.78, 5) is 0. The molecule has 0 saturated heterocycles. The van der Waals surface area contributed by atoms with E-state index in [1.165, 1.54) is 0 Å². The number of hydrogen-bond donors (Lipinski definition) is 2. The summed E-state index contributed by atoms with van der Waals surface area (Å²) in [6.45, 7) is 4.67. The Bertz CT molecular complexity index is 488. The summed E-state index contributed by atoms with van der Waals surface area (Å²) >= 11 is 0. The number of aliphatic hydroxyl groups is 1. The molecule has 0 atom stereocenters. The molecule has 0 aliphatic rings. The van der Waals surface area contributed by atoms with Crippen LogP contribution in [0.15, 0.2) is 30.3 Å². The zero-order valence-electron chi connectivity index (χ0n) is 12.5. The molecule has 1 rings (SSSR count). The summed E-state index contributed by atoms with van der Waals surface area (Å²) < 4.78 is 0. The number of nitrogens with two attached hydrogens (primary N) is 1. The van der Waals surface area contributed by atoms with Gasteiger partial charge < -0.3 is 10.8 Å². The Hall–Kier alpha value is -1.56. The summed E-state index contributed by atoms with van der Waals surface area (Å²) in [5.41, 5.74) is 6.60. The van der Waals surface area contributed by atoms with Crippen LogP contribution >= 0.6 is 0 Å². The molecule has 0 aliphatic carbocycles. The van der Waals surface area contributed by atoms with Crippen molar-refractivity contribution in [2.45, 2.75) is 45.1 Å². The van der Waals surface area contributed by atoms with E-state index >= 15 is 0 Å². The van der Waals surface area contributed by atoms with Crippen LogP contribution in [0.1, 0.15) is 50.7 Å². The Morgan fingerprint density at radius 2 is 1.95 bits per heavy atom. The SMILES string of the molecule is CCCC(O)(C#Cc1cccc(/C=C/CN)c1)CCC. The van der Waals surface area contributed by atoms with E-state index in [2.05, 4.69) is 25.7 Å². The minimum absolute atomic E-state index is 0.530. The normalized spacial score (nSPS) is 11.4. The van der Waals surface area contributed by atoms with Crippen molar-refractivity contribution in [2.24, 2.45) is 5.73 Å². The van der Waals surface area contributed by atoms with Gasteiger partial charge in [-0.05, 0) is 30.5 Å². The highest BCUT2D eigenvalue weighted by molar-refractivity contribution is 5.53. The Morgan fingerprint density at radius 1 is 1.25 bits per heavy atom. The molecular formula is C18H25NO. The fourth-order valence-corrected chi connectivity index (χ4v) is 2.19. The molecule has 0 unspecified atom stereocenters. The van der Waals surface area contributed by atoms with Gasteiger partial charge in [0.15, 0.2) is 0 Å². The van der Waals surface area contributed by atoms with Gasteiger partial charge in [0.25, 0.3) is 0 Å². The fourth-order valence-electron chi connectivity index (χ4n) is 2.19. The Kier molecular flexibility index (Phi) is 7.08. The predicted molar refractivity (Wildman–Crippen MR) is 86.2 cm³/mol. The highest BCUT2D eigenvalue weighted by Gasteiger charge is 2.21. The monoisotopic (exact) mass is 271 g/mol. The molecule has 1 aromatic rings. The second kappa shape index (κ2) is 8.58. The maximum atomic E-state index is 10.5. The van der Waals surface area contributed by atoms with Gasteiger partial charge in [0.2, 0.25) is 0 Å². The molecule has 0 spiro atoms. The molecule has 2 nitrogen and oxygen atoms in total. The second-order valence-electron chi connectivity index (χ2n) is 5.05. The first-order chi connectivity index (χ1) is 9.63. The van der Waals surface area contributed by atoms with Crippen molar-refractivity contribution in [2.75, 3.05) is 6.54 Å². The van der Waals surface area contributed by atoms with E-state index in [-0.39, 0.29) is 0 Å². The van der Waals surface area contributed by atoms with E-state index < -0.39 is 5.60 Å². The zero-order chi connectivity index (χ0) is 14.8. The molecule has 0 fully saturated rings. The third kappa shape index (κ3) is 5.61. The van der Waals surface area contributed by atoms with Crippen molar-refractivity contribution in [1.82, 2.24) is 0 Å². The van der Waals surface area contributed by atoms with Gasteiger partial charge in [0.05, 0.1) is 0 Å². The van der Waals surface area contributed by atoms with Crippen LogP contribution in [0.25, 0.3) is 6.08 Å². The van der Waals surface area contributed by atoms with Crippen LogP contribution in [0.2, 0.25) is 0 Å². The summed E-state index contributed by atoms with van der Waals surface area (Å²) in [6.07, 6.45) is 7.21. The van der Waals surface area contributed by atoms with Crippen LogP contribution in [0.3, 0.4) is 0 Å². The van der Waals surface area contributed by atoms with E-state index in [1.807, 2.05) is 36.4 Å². The molecule has 0 bridgehead atoms. The quantitative estimate of drug-likeness (QED) is 0.779. The largest absolute Gasteiger partial charge is 0.378 e. The number of rotatable bonds is 6. The van der Waals surface area contributed by atoms with Gasteiger partial charge in [-0.25, -0.2) is 0 Å². The molecule has 3 N–H and O–H groups in total. The Balaban J connectivity index is 2.91. The topological polar surface area (TPSA) is 46.2 Å². The molecule has 0 heterocycles. The van der Waals surface area contributed by atoms with Gasteiger partial charge >= 0.3 is 0 Å². The molecule has 108 valence electrons. The molecule has 1 aromatic carbocycles. The lowest BCUT2D eigenvalue weighted by molar-refractivity contribution is 0.0807. The summed E-state index contributed by atoms with van der Waals surface area (Å²) in [5.74, 6) is 6.16. The van der Waals surface area contributed by atoms with Crippen molar-refractivity contribution in [1.29, 1.82) is 0 Å². The predicted octanol–water partition coefficient (Wildman–Crippen LogP) is 3.34. The highest BCUT2D eigenvalue weighted by atomic mass is 16.3. The van der Waals surface area contributed by atoms with Crippen molar-refractivity contribution in [3.05, 3.63) is 41.5 Å². The molecule has 2 heteroatoms.